The zero-order valence-electron chi connectivity index (χ0n) is 13.7. The standard InChI is InChI=1S/C16H25N3O3S.ClH/c20-16(7-6-14-8-10-17-11-9-14)18-12-13-19-23(21,22)15-4-2-1-3-5-15;/h1-5,14,17,19H,6-13H2,(H,18,20);1H. The first kappa shape index (κ1) is 20.9. The van der Waals surface area contributed by atoms with E-state index in [0.29, 0.717) is 18.9 Å². The fraction of sp³-hybridized carbons (Fsp3) is 0.562. The predicted octanol–water partition coefficient (Wildman–Crippen LogP) is 1.28. The second-order valence-corrected chi connectivity index (χ2v) is 7.56. The van der Waals surface area contributed by atoms with Gasteiger partial charge in [0.05, 0.1) is 4.90 Å². The SMILES string of the molecule is Cl.O=C(CCC1CCNCC1)NCCNS(=O)(=O)c1ccccc1. The molecule has 2 rings (SSSR count). The normalized spacial score (nSPS) is 15.5. The molecule has 0 unspecified atom stereocenters. The molecular formula is C16H26ClN3O3S. The fourth-order valence-electron chi connectivity index (χ4n) is 2.66. The van der Waals surface area contributed by atoms with Crippen LogP contribution in [0, 0.1) is 5.92 Å². The third-order valence-corrected chi connectivity index (χ3v) is 5.51. The summed E-state index contributed by atoms with van der Waals surface area (Å²) in [5.74, 6) is 0.612. The van der Waals surface area contributed by atoms with Crippen LogP contribution in [0.2, 0.25) is 0 Å². The first-order valence-corrected chi connectivity index (χ1v) is 9.58. The first-order chi connectivity index (χ1) is 11.1. The van der Waals surface area contributed by atoms with Crippen LogP contribution in [0.3, 0.4) is 0 Å². The van der Waals surface area contributed by atoms with E-state index in [9.17, 15) is 13.2 Å². The van der Waals surface area contributed by atoms with Gasteiger partial charge in [-0.2, -0.15) is 0 Å². The summed E-state index contributed by atoms with van der Waals surface area (Å²) in [4.78, 5) is 12.0. The molecule has 1 amide bonds. The molecule has 6 nitrogen and oxygen atoms in total. The van der Waals surface area contributed by atoms with Crippen LogP contribution in [0.15, 0.2) is 35.2 Å². The third kappa shape index (κ3) is 7.17. The Morgan fingerprint density at radius 1 is 1.12 bits per heavy atom. The monoisotopic (exact) mass is 375 g/mol. The Bertz CT molecular complexity index is 590. The molecule has 0 spiro atoms. The van der Waals surface area contributed by atoms with Gasteiger partial charge in [0.2, 0.25) is 15.9 Å². The van der Waals surface area contributed by atoms with Gasteiger partial charge in [-0.1, -0.05) is 18.2 Å². The van der Waals surface area contributed by atoms with Crippen LogP contribution in [0.5, 0.6) is 0 Å². The minimum atomic E-state index is -3.50. The van der Waals surface area contributed by atoms with Crippen molar-refractivity contribution in [3.05, 3.63) is 30.3 Å². The highest BCUT2D eigenvalue weighted by Gasteiger charge is 2.15. The molecule has 0 aliphatic carbocycles. The van der Waals surface area contributed by atoms with Gasteiger partial charge in [0.25, 0.3) is 0 Å². The van der Waals surface area contributed by atoms with Crippen LogP contribution < -0.4 is 15.4 Å². The van der Waals surface area contributed by atoms with Crippen LogP contribution in [-0.4, -0.2) is 40.5 Å². The van der Waals surface area contributed by atoms with Crippen LogP contribution in [-0.2, 0) is 14.8 Å². The van der Waals surface area contributed by atoms with Crippen molar-refractivity contribution in [3.63, 3.8) is 0 Å². The number of sulfonamides is 1. The van der Waals surface area contributed by atoms with Gasteiger partial charge in [-0.3, -0.25) is 4.79 Å². The smallest absolute Gasteiger partial charge is 0.240 e. The van der Waals surface area contributed by atoms with Crippen molar-refractivity contribution in [3.8, 4) is 0 Å². The summed E-state index contributed by atoms with van der Waals surface area (Å²) in [6.45, 7) is 2.56. The summed E-state index contributed by atoms with van der Waals surface area (Å²) in [6.07, 6.45) is 3.67. The van der Waals surface area contributed by atoms with E-state index in [1.165, 1.54) is 0 Å². The average molecular weight is 376 g/mol. The number of amides is 1. The highest BCUT2D eigenvalue weighted by Crippen LogP contribution is 2.17. The molecule has 1 saturated heterocycles. The lowest BCUT2D eigenvalue weighted by atomic mass is 9.93. The van der Waals surface area contributed by atoms with E-state index < -0.39 is 10.0 Å². The Balaban J connectivity index is 0.00000288. The molecule has 136 valence electrons. The van der Waals surface area contributed by atoms with Gasteiger partial charge in [0.1, 0.15) is 0 Å². The molecule has 1 heterocycles. The number of carbonyl (C=O) groups excluding carboxylic acids is 1. The van der Waals surface area contributed by atoms with E-state index >= 15 is 0 Å². The highest BCUT2D eigenvalue weighted by molar-refractivity contribution is 7.89. The number of hydrogen-bond acceptors (Lipinski definition) is 4. The van der Waals surface area contributed by atoms with Crippen LogP contribution in [0.1, 0.15) is 25.7 Å². The highest BCUT2D eigenvalue weighted by atomic mass is 35.5. The molecule has 0 atom stereocenters. The van der Waals surface area contributed by atoms with Gasteiger partial charge in [0.15, 0.2) is 0 Å². The van der Waals surface area contributed by atoms with E-state index in [2.05, 4.69) is 15.4 Å². The second kappa shape index (κ2) is 10.7. The largest absolute Gasteiger partial charge is 0.355 e. The van der Waals surface area contributed by atoms with Gasteiger partial charge in [-0.15, -0.1) is 12.4 Å². The molecule has 0 saturated carbocycles. The van der Waals surface area contributed by atoms with E-state index in [1.54, 1.807) is 30.3 Å². The molecule has 0 bridgehead atoms. The number of carbonyl (C=O) groups is 1. The fourth-order valence-corrected chi connectivity index (χ4v) is 3.72. The second-order valence-electron chi connectivity index (χ2n) is 5.79. The minimum absolute atomic E-state index is 0. The maximum absolute atomic E-state index is 12.0. The first-order valence-electron chi connectivity index (χ1n) is 8.10. The number of halogens is 1. The maximum Gasteiger partial charge on any atom is 0.240 e. The number of nitrogens with one attached hydrogen (secondary N) is 3. The molecule has 8 heteroatoms. The summed E-state index contributed by atoms with van der Waals surface area (Å²) in [5, 5.41) is 6.07. The quantitative estimate of drug-likeness (QED) is 0.597. The van der Waals surface area contributed by atoms with Crippen LogP contribution >= 0.6 is 12.4 Å². The molecule has 0 radical (unpaired) electrons. The van der Waals surface area contributed by atoms with E-state index in [0.717, 1.165) is 32.4 Å². The summed E-state index contributed by atoms with van der Waals surface area (Å²) in [6, 6.07) is 8.20. The van der Waals surface area contributed by atoms with Crippen LogP contribution in [0.25, 0.3) is 0 Å². The van der Waals surface area contributed by atoms with Crippen molar-refractivity contribution >= 4 is 28.3 Å². The maximum atomic E-state index is 12.0. The molecule has 1 aliphatic heterocycles. The Labute approximate surface area is 150 Å². The lowest BCUT2D eigenvalue weighted by Crippen LogP contribution is -2.35. The Morgan fingerprint density at radius 2 is 1.79 bits per heavy atom. The zero-order valence-corrected chi connectivity index (χ0v) is 15.3. The summed E-state index contributed by atoms with van der Waals surface area (Å²) < 4.78 is 26.4. The third-order valence-electron chi connectivity index (χ3n) is 4.03. The molecule has 0 aromatic heterocycles. The van der Waals surface area contributed by atoms with Crippen molar-refractivity contribution in [1.82, 2.24) is 15.4 Å². The summed E-state index contributed by atoms with van der Waals surface area (Å²) >= 11 is 0. The average Bonchev–Trinajstić information content (AvgIpc) is 2.59. The van der Waals surface area contributed by atoms with Gasteiger partial charge in [-0.05, 0) is 50.4 Å². The van der Waals surface area contributed by atoms with E-state index in [1.807, 2.05) is 0 Å². The number of rotatable bonds is 8. The predicted molar refractivity (Wildman–Crippen MR) is 96.7 cm³/mol. The topological polar surface area (TPSA) is 87.3 Å². The van der Waals surface area contributed by atoms with Crippen molar-refractivity contribution in [2.75, 3.05) is 26.2 Å². The Hall–Kier alpha value is -1.15. The van der Waals surface area contributed by atoms with Gasteiger partial charge in [-0.25, -0.2) is 13.1 Å². The number of piperidine rings is 1. The minimum Gasteiger partial charge on any atom is -0.355 e. The molecule has 1 fully saturated rings. The van der Waals surface area contributed by atoms with E-state index in [-0.39, 0.29) is 29.8 Å². The summed E-state index contributed by atoms with van der Waals surface area (Å²) in [5.41, 5.74) is 0. The molecule has 24 heavy (non-hydrogen) atoms. The van der Waals surface area contributed by atoms with Crippen molar-refractivity contribution in [2.24, 2.45) is 5.92 Å². The van der Waals surface area contributed by atoms with Crippen molar-refractivity contribution in [2.45, 2.75) is 30.6 Å². The van der Waals surface area contributed by atoms with E-state index in [4.69, 9.17) is 0 Å². The molecule has 3 N–H and O–H groups in total. The molecule has 1 aromatic rings. The van der Waals surface area contributed by atoms with Crippen LogP contribution in [0.4, 0.5) is 0 Å². The van der Waals surface area contributed by atoms with Crippen molar-refractivity contribution < 1.29 is 13.2 Å². The molecule has 1 aliphatic rings. The molecule has 1 aromatic carbocycles. The number of hydrogen-bond donors (Lipinski definition) is 3. The zero-order chi connectivity index (χ0) is 16.5. The Morgan fingerprint density at radius 3 is 2.46 bits per heavy atom. The van der Waals surface area contributed by atoms with Gasteiger partial charge >= 0.3 is 0 Å². The lowest BCUT2D eigenvalue weighted by molar-refractivity contribution is -0.121. The van der Waals surface area contributed by atoms with Gasteiger partial charge in [0, 0.05) is 19.5 Å². The lowest BCUT2D eigenvalue weighted by Gasteiger charge is -2.22. The summed E-state index contributed by atoms with van der Waals surface area (Å²) in [7, 11) is -3.50. The number of benzene rings is 1. The Kier molecular flexibility index (Phi) is 9.28. The van der Waals surface area contributed by atoms with Crippen molar-refractivity contribution in [1.29, 1.82) is 0 Å². The molecular weight excluding hydrogens is 350 g/mol. The van der Waals surface area contributed by atoms with Gasteiger partial charge < -0.3 is 10.6 Å².